The SMILES string of the molecule is CCCC1(c2nc(-c3cccc(Cl)c3)no2)CCNC1. The minimum atomic E-state index is -0.00141. The molecular formula is C15H18ClN3O. The largest absolute Gasteiger partial charge is 0.338 e. The normalized spacial score (nSPS) is 22.3. The second kappa shape index (κ2) is 5.54. The van der Waals surface area contributed by atoms with E-state index in [1.54, 1.807) is 0 Å². The first kappa shape index (κ1) is 13.6. The highest BCUT2D eigenvalue weighted by Gasteiger charge is 2.40. The van der Waals surface area contributed by atoms with Gasteiger partial charge in [0.1, 0.15) is 0 Å². The van der Waals surface area contributed by atoms with Gasteiger partial charge in [-0.15, -0.1) is 0 Å². The Bertz CT molecular complexity index is 590. The van der Waals surface area contributed by atoms with Gasteiger partial charge >= 0.3 is 0 Å². The molecule has 1 fully saturated rings. The number of hydrogen-bond donors (Lipinski definition) is 1. The van der Waals surface area contributed by atoms with Crippen molar-refractivity contribution >= 4 is 11.6 Å². The van der Waals surface area contributed by atoms with Crippen molar-refractivity contribution in [3.8, 4) is 11.4 Å². The van der Waals surface area contributed by atoms with E-state index in [0.29, 0.717) is 10.8 Å². The average molecular weight is 292 g/mol. The number of benzene rings is 1. The van der Waals surface area contributed by atoms with E-state index in [9.17, 15) is 0 Å². The Morgan fingerprint density at radius 3 is 3.05 bits per heavy atom. The summed E-state index contributed by atoms with van der Waals surface area (Å²) in [6.45, 7) is 4.11. The molecule has 1 saturated heterocycles. The second-order valence-corrected chi connectivity index (χ2v) is 5.83. The summed E-state index contributed by atoms with van der Waals surface area (Å²) in [4.78, 5) is 4.62. The molecule has 1 N–H and O–H groups in total. The zero-order chi connectivity index (χ0) is 14.0. The van der Waals surface area contributed by atoms with Gasteiger partial charge in [0, 0.05) is 17.1 Å². The molecule has 1 aromatic carbocycles. The van der Waals surface area contributed by atoms with Gasteiger partial charge in [0.15, 0.2) is 0 Å². The number of aromatic nitrogens is 2. The van der Waals surface area contributed by atoms with Crippen molar-refractivity contribution in [1.29, 1.82) is 0 Å². The fraction of sp³-hybridized carbons (Fsp3) is 0.467. The Morgan fingerprint density at radius 2 is 2.35 bits per heavy atom. The molecule has 3 rings (SSSR count). The molecule has 0 amide bonds. The summed E-state index contributed by atoms with van der Waals surface area (Å²) in [7, 11) is 0. The third kappa shape index (κ3) is 2.45. The minimum absolute atomic E-state index is 0.00141. The van der Waals surface area contributed by atoms with E-state index in [1.807, 2.05) is 24.3 Å². The third-order valence-electron chi connectivity index (χ3n) is 3.93. The average Bonchev–Trinajstić information content (AvgIpc) is 3.08. The summed E-state index contributed by atoms with van der Waals surface area (Å²) in [6.07, 6.45) is 3.23. The van der Waals surface area contributed by atoms with Crippen LogP contribution in [0.5, 0.6) is 0 Å². The van der Waals surface area contributed by atoms with E-state index in [4.69, 9.17) is 16.1 Å². The number of hydrogen-bond acceptors (Lipinski definition) is 4. The monoisotopic (exact) mass is 291 g/mol. The van der Waals surface area contributed by atoms with Gasteiger partial charge in [-0.2, -0.15) is 4.98 Å². The molecule has 20 heavy (non-hydrogen) atoms. The van der Waals surface area contributed by atoms with Crippen molar-refractivity contribution < 1.29 is 4.52 Å². The minimum Gasteiger partial charge on any atom is -0.338 e. The predicted octanol–water partition coefficient (Wildman–Crippen LogP) is 3.42. The first-order valence-electron chi connectivity index (χ1n) is 7.04. The highest BCUT2D eigenvalue weighted by molar-refractivity contribution is 6.30. The van der Waals surface area contributed by atoms with Crippen LogP contribution in [-0.4, -0.2) is 23.2 Å². The van der Waals surface area contributed by atoms with Crippen LogP contribution >= 0.6 is 11.6 Å². The Kier molecular flexibility index (Phi) is 3.76. The van der Waals surface area contributed by atoms with E-state index < -0.39 is 0 Å². The maximum absolute atomic E-state index is 6.01. The molecular weight excluding hydrogens is 274 g/mol. The highest BCUT2D eigenvalue weighted by Crippen LogP contribution is 2.35. The van der Waals surface area contributed by atoms with Gasteiger partial charge < -0.3 is 9.84 Å². The van der Waals surface area contributed by atoms with Gasteiger partial charge in [-0.3, -0.25) is 0 Å². The highest BCUT2D eigenvalue weighted by atomic mass is 35.5. The molecule has 106 valence electrons. The lowest BCUT2D eigenvalue weighted by Gasteiger charge is -2.22. The Labute approximate surface area is 123 Å². The lowest BCUT2D eigenvalue weighted by molar-refractivity contribution is 0.277. The van der Waals surface area contributed by atoms with Gasteiger partial charge in [0.05, 0.1) is 5.41 Å². The molecule has 0 aliphatic carbocycles. The van der Waals surface area contributed by atoms with Crippen LogP contribution in [-0.2, 0) is 5.41 Å². The predicted molar refractivity (Wildman–Crippen MR) is 78.8 cm³/mol. The van der Waals surface area contributed by atoms with Gasteiger partial charge in [-0.1, -0.05) is 42.2 Å². The molecule has 1 aliphatic heterocycles. The van der Waals surface area contributed by atoms with Crippen LogP contribution in [0.25, 0.3) is 11.4 Å². The van der Waals surface area contributed by atoms with Crippen molar-refractivity contribution in [3.63, 3.8) is 0 Å². The Morgan fingerprint density at radius 1 is 1.45 bits per heavy atom. The summed E-state index contributed by atoms with van der Waals surface area (Å²) in [5, 5.41) is 8.21. The third-order valence-corrected chi connectivity index (χ3v) is 4.17. The fourth-order valence-corrected chi connectivity index (χ4v) is 3.10. The van der Waals surface area contributed by atoms with E-state index in [2.05, 4.69) is 22.4 Å². The molecule has 4 nitrogen and oxygen atoms in total. The van der Waals surface area contributed by atoms with Gasteiger partial charge in [0.25, 0.3) is 0 Å². The van der Waals surface area contributed by atoms with Crippen molar-refractivity contribution in [3.05, 3.63) is 35.2 Å². The topological polar surface area (TPSA) is 51.0 Å². The maximum atomic E-state index is 6.01. The zero-order valence-corrected chi connectivity index (χ0v) is 12.3. The molecule has 0 saturated carbocycles. The van der Waals surface area contributed by atoms with Crippen molar-refractivity contribution in [1.82, 2.24) is 15.5 Å². The summed E-state index contributed by atoms with van der Waals surface area (Å²) in [5.41, 5.74) is 0.892. The Balaban J connectivity index is 1.93. The zero-order valence-electron chi connectivity index (χ0n) is 11.5. The van der Waals surface area contributed by atoms with Crippen LogP contribution in [0.15, 0.2) is 28.8 Å². The fourth-order valence-electron chi connectivity index (χ4n) is 2.91. The van der Waals surface area contributed by atoms with Crippen LogP contribution in [0.3, 0.4) is 0 Å². The maximum Gasteiger partial charge on any atom is 0.234 e. The lowest BCUT2D eigenvalue weighted by Crippen LogP contribution is -2.29. The summed E-state index contributed by atoms with van der Waals surface area (Å²) < 4.78 is 5.55. The summed E-state index contributed by atoms with van der Waals surface area (Å²) in [5.74, 6) is 1.37. The van der Waals surface area contributed by atoms with Crippen LogP contribution in [0.4, 0.5) is 0 Å². The molecule has 1 aromatic heterocycles. The first-order valence-corrected chi connectivity index (χ1v) is 7.42. The van der Waals surface area contributed by atoms with Crippen molar-refractivity contribution in [2.45, 2.75) is 31.6 Å². The van der Waals surface area contributed by atoms with E-state index in [-0.39, 0.29) is 5.41 Å². The van der Waals surface area contributed by atoms with E-state index in [0.717, 1.165) is 43.8 Å². The quantitative estimate of drug-likeness (QED) is 0.938. The van der Waals surface area contributed by atoms with Crippen molar-refractivity contribution in [2.75, 3.05) is 13.1 Å². The lowest BCUT2D eigenvalue weighted by atomic mass is 9.82. The molecule has 1 atom stereocenters. The molecule has 2 heterocycles. The van der Waals surface area contributed by atoms with E-state index in [1.165, 1.54) is 0 Å². The van der Waals surface area contributed by atoms with Crippen LogP contribution in [0.1, 0.15) is 32.1 Å². The van der Waals surface area contributed by atoms with Crippen LogP contribution in [0, 0.1) is 0 Å². The molecule has 0 spiro atoms. The van der Waals surface area contributed by atoms with Crippen LogP contribution in [0.2, 0.25) is 5.02 Å². The summed E-state index contributed by atoms with van der Waals surface area (Å²) in [6, 6.07) is 7.54. The smallest absolute Gasteiger partial charge is 0.234 e. The second-order valence-electron chi connectivity index (χ2n) is 5.39. The number of nitrogens with zero attached hydrogens (tertiary/aromatic N) is 2. The molecule has 5 heteroatoms. The van der Waals surface area contributed by atoms with Gasteiger partial charge in [0.2, 0.25) is 11.7 Å². The number of nitrogens with one attached hydrogen (secondary N) is 1. The number of halogens is 1. The Hall–Kier alpha value is -1.39. The first-order chi connectivity index (χ1) is 9.73. The molecule has 0 bridgehead atoms. The molecule has 2 aromatic rings. The van der Waals surface area contributed by atoms with Crippen molar-refractivity contribution in [2.24, 2.45) is 0 Å². The molecule has 0 radical (unpaired) electrons. The van der Waals surface area contributed by atoms with E-state index >= 15 is 0 Å². The molecule has 1 unspecified atom stereocenters. The van der Waals surface area contributed by atoms with Gasteiger partial charge in [-0.05, 0) is 31.5 Å². The summed E-state index contributed by atoms with van der Waals surface area (Å²) >= 11 is 6.01. The number of rotatable bonds is 4. The standard InChI is InChI=1S/C15H18ClN3O/c1-2-6-15(7-8-17-10-15)14-18-13(19-20-14)11-4-3-5-12(16)9-11/h3-5,9,17H,2,6-8,10H2,1H3. The van der Waals surface area contributed by atoms with Crippen LogP contribution < -0.4 is 5.32 Å². The van der Waals surface area contributed by atoms with Gasteiger partial charge in [-0.25, -0.2) is 0 Å². The molecule has 1 aliphatic rings.